The van der Waals surface area contributed by atoms with Crippen molar-refractivity contribution in [2.45, 2.75) is 20.4 Å². The van der Waals surface area contributed by atoms with Crippen molar-refractivity contribution >= 4 is 11.6 Å². The standard InChI is InChI=1S/C17H18N8/c1-11-9-18-12(2)16-20-14(22-25(11)16)10-19-17-21-15(23-24(17)3)13-7-5-4-6-8-13/h4-9H,10H2,1-3H3,(H,19,21,23). The maximum Gasteiger partial charge on any atom is 0.221 e. The second-order valence-corrected chi connectivity index (χ2v) is 5.85. The third-order valence-electron chi connectivity index (χ3n) is 3.95. The molecule has 0 aliphatic carbocycles. The topological polar surface area (TPSA) is 85.8 Å². The summed E-state index contributed by atoms with van der Waals surface area (Å²) >= 11 is 0. The zero-order chi connectivity index (χ0) is 17.4. The predicted octanol–water partition coefficient (Wildman–Crippen LogP) is 2.15. The molecular formula is C17H18N8. The number of nitrogens with zero attached hydrogens (tertiary/aromatic N) is 7. The molecular weight excluding hydrogens is 316 g/mol. The Balaban J connectivity index is 1.57. The molecule has 0 aliphatic rings. The van der Waals surface area contributed by atoms with Crippen molar-refractivity contribution in [3.8, 4) is 11.4 Å². The number of aromatic nitrogens is 7. The number of fused-ring (bicyclic) bond motifs is 1. The smallest absolute Gasteiger partial charge is 0.221 e. The van der Waals surface area contributed by atoms with Gasteiger partial charge in [0.25, 0.3) is 0 Å². The number of anilines is 1. The summed E-state index contributed by atoms with van der Waals surface area (Å²) in [5, 5.41) is 12.2. The van der Waals surface area contributed by atoms with Gasteiger partial charge in [-0.3, -0.25) is 4.98 Å². The Labute approximate surface area is 144 Å². The molecule has 1 N–H and O–H groups in total. The minimum Gasteiger partial charge on any atom is -0.347 e. The Bertz CT molecular complexity index is 993. The highest BCUT2D eigenvalue weighted by atomic mass is 15.4. The summed E-state index contributed by atoms with van der Waals surface area (Å²) in [6, 6.07) is 9.89. The monoisotopic (exact) mass is 334 g/mol. The van der Waals surface area contributed by atoms with Crippen LogP contribution in [-0.4, -0.2) is 34.3 Å². The van der Waals surface area contributed by atoms with E-state index in [2.05, 4.69) is 30.5 Å². The Hall–Kier alpha value is -3.29. The summed E-state index contributed by atoms with van der Waals surface area (Å²) in [6.45, 7) is 4.34. The van der Waals surface area contributed by atoms with Gasteiger partial charge in [-0.2, -0.15) is 4.98 Å². The fraction of sp³-hybridized carbons (Fsp3) is 0.235. The van der Waals surface area contributed by atoms with Crippen LogP contribution in [-0.2, 0) is 13.6 Å². The second-order valence-electron chi connectivity index (χ2n) is 5.85. The second kappa shape index (κ2) is 5.97. The molecule has 8 nitrogen and oxygen atoms in total. The quantitative estimate of drug-likeness (QED) is 0.615. The van der Waals surface area contributed by atoms with Gasteiger partial charge in [-0.05, 0) is 13.8 Å². The first-order chi connectivity index (χ1) is 12.1. The maximum atomic E-state index is 4.55. The van der Waals surface area contributed by atoms with E-state index in [0.717, 1.165) is 22.6 Å². The molecule has 0 fully saturated rings. The summed E-state index contributed by atoms with van der Waals surface area (Å²) in [5.74, 6) is 2.04. The van der Waals surface area contributed by atoms with Gasteiger partial charge >= 0.3 is 0 Å². The van der Waals surface area contributed by atoms with Crippen LogP contribution in [0.1, 0.15) is 17.2 Å². The van der Waals surface area contributed by atoms with Gasteiger partial charge in [-0.25, -0.2) is 14.2 Å². The highest BCUT2D eigenvalue weighted by molar-refractivity contribution is 5.56. The third kappa shape index (κ3) is 2.82. The van der Waals surface area contributed by atoms with E-state index in [0.29, 0.717) is 24.1 Å². The van der Waals surface area contributed by atoms with E-state index < -0.39 is 0 Å². The fourth-order valence-electron chi connectivity index (χ4n) is 2.62. The van der Waals surface area contributed by atoms with Gasteiger partial charge in [-0.15, -0.1) is 10.2 Å². The first-order valence-corrected chi connectivity index (χ1v) is 8.00. The largest absolute Gasteiger partial charge is 0.347 e. The van der Waals surface area contributed by atoms with Gasteiger partial charge in [0, 0.05) is 18.8 Å². The van der Waals surface area contributed by atoms with Crippen LogP contribution in [0.25, 0.3) is 17.0 Å². The molecule has 0 saturated carbocycles. The molecule has 3 aromatic heterocycles. The molecule has 0 bridgehead atoms. The predicted molar refractivity (Wildman–Crippen MR) is 94.0 cm³/mol. The van der Waals surface area contributed by atoms with Gasteiger partial charge < -0.3 is 5.32 Å². The molecule has 4 rings (SSSR count). The van der Waals surface area contributed by atoms with Gasteiger partial charge in [0.15, 0.2) is 17.3 Å². The number of benzene rings is 1. The number of hydrogen-bond donors (Lipinski definition) is 1. The fourth-order valence-corrected chi connectivity index (χ4v) is 2.62. The van der Waals surface area contributed by atoms with Crippen molar-refractivity contribution in [1.82, 2.24) is 34.3 Å². The normalized spacial score (nSPS) is 11.2. The average Bonchev–Trinajstić information content (AvgIpc) is 3.22. The molecule has 0 spiro atoms. The van der Waals surface area contributed by atoms with E-state index in [1.54, 1.807) is 10.9 Å². The molecule has 0 saturated heterocycles. The lowest BCUT2D eigenvalue weighted by Gasteiger charge is -2.00. The van der Waals surface area contributed by atoms with Crippen molar-refractivity contribution in [3.05, 3.63) is 53.7 Å². The zero-order valence-electron chi connectivity index (χ0n) is 14.3. The van der Waals surface area contributed by atoms with Crippen molar-refractivity contribution in [2.24, 2.45) is 7.05 Å². The van der Waals surface area contributed by atoms with Gasteiger partial charge in [0.1, 0.15) is 0 Å². The van der Waals surface area contributed by atoms with E-state index in [-0.39, 0.29) is 0 Å². The molecule has 0 unspecified atom stereocenters. The highest BCUT2D eigenvalue weighted by Gasteiger charge is 2.12. The van der Waals surface area contributed by atoms with Crippen LogP contribution in [0.5, 0.6) is 0 Å². The molecule has 1 aromatic carbocycles. The summed E-state index contributed by atoms with van der Waals surface area (Å²) in [7, 11) is 1.86. The average molecular weight is 334 g/mol. The molecule has 126 valence electrons. The number of aryl methyl sites for hydroxylation is 3. The lowest BCUT2D eigenvalue weighted by Crippen LogP contribution is -2.07. The van der Waals surface area contributed by atoms with Crippen molar-refractivity contribution in [3.63, 3.8) is 0 Å². The first kappa shape index (κ1) is 15.3. The van der Waals surface area contributed by atoms with Crippen LogP contribution in [0, 0.1) is 13.8 Å². The molecule has 25 heavy (non-hydrogen) atoms. The van der Waals surface area contributed by atoms with Gasteiger partial charge in [0.2, 0.25) is 5.95 Å². The lowest BCUT2D eigenvalue weighted by molar-refractivity contribution is 0.764. The Kier molecular flexibility index (Phi) is 3.64. The van der Waals surface area contributed by atoms with Gasteiger partial charge in [0.05, 0.1) is 17.9 Å². The molecule has 4 aromatic rings. The van der Waals surface area contributed by atoms with Crippen LogP contribution in [0.3, 0.4) is 0 Å². The zero-order valence-corrected chi connectivity index (χ0v) is 14.3. The van der Waals surface area contributed by atoms with Crippen LogP contribution in [0.4, 0.5) is 5.95 Å². The van der Waals surface area contributed by atoms with Crippen LogP contribution < -0.4 is 5.32 Å². The van der Waals surface area contributed by atoms with E-state index in [4.69, 9.17) is 0 Å². The molecule has 8 heteroatoms. The summed E-state index contributed by atoms with van der Waals surface area (Å²) in [4.78, 5) is 13.4. The van der Waals surface area contributed by atoms with Crippen molar-refractivity contribution in [1.29, 1.82) is 0 Å². The molecule has 0 atom stereocenters. The Morgan fingerprint density at radius 3 is 2.60 bits per heavy atom. The first-order valence-electron chi connectivity index (χ1n) is 8.00. The third-order valence-corrected chi connectivity index (χ3v) is 3.95. The van der Waals surface area contributed by atoms with E-state index in [1.807, 2.05) is 55.7 Å². The Morgan fingerprint density at radius 1 is 1.04 bits per heavy atom. The Morgan fingerprint density at radius 2 is 1.84 bits per heavy atom. The van der Waals surface area contributed by atoms with E-state index in [9.17, 15) is 0 Å². The summed E-state index contributed by atoms with van der Waals surface area (Å²) < 4.78 is 3.53. The van der Waals surface area contributed by atoms with Crippen LogP contribution >= 0.6 is 0 Å². The van der Waals surface area contributed by atoms with Gasteiger partial charge in [-0.1, -0.05) is 30.3 Å². The molecule has 0 aliphatic heterocycles. The van der Waals surface area contributed by atoms with E-state index >= 15 is 0 Å². The minimum atomic E-state index is 0.460. The minimum absolute atomic E-state index is 0.460. The summed E-state index contributed by atoms with van der Waals surface area (Å²) in [6.07, 6.45) is 1.79. The molecule has 0 radical (unpaired) electrons. The number of hydrogen-bond acceptors (Lipinski definition) is 6. The molecule has 0 amide bonds. The van der Waals surface area contributed by atoms with Crippen molar-refractivity contribution < 1.29 is 0 Å². The highest BCUT2D eigenvalue weighted by Crippen LogP contribution is 2.17. The lowest BCUT2D eigenvalue weighted by atomic mass is 10.2. The SMILES string of the molecule is Cc1ncc(C)n2nc(CNc3nc(-c4ccccc4)nn3C)nc12. The van der Waals surface area contributed by atoms with Crippen LogP contribution in [0.15, 0.2) is 36.5 Å². The van der Waals surface area contributed by atoms with Crippen LogP contribution in [0.2, 0.25) is 0 Å². The number of nitrogens with one attached hydrogen (secondary N) is 1. The molecule has 3 heterocycles. The van der Waals surface area contributed by atoms with Crippen molar-refractivity contribution in [2.75, 3.05) is 5.32 Å². The summed E-state index contributed by atoms with van der Waals surface area (Å²) in [5.41, 5.74) is 3.56. The number of rotatable bonds is 4. The van der Waals surface area contributed by atoms with E-state index in [1.165, 1.54) is 0 Å². The maximum absolute atomic E-state index is 4.55.